The van der Waals surface area contributed by atoms with Crippen molar-refractivity contribution in [3.05, 3.63) is 70.3 Å². The van der Waals surface area contributed by atoms with Gasteiger partial charge in [0, 0.05) is 25.6 Å². The van der Waals surface area contributed by atoms with E-state index in [0.717, 1.165) is 24.0 Å². The van der Waals surface area contributed by atoms with Crippen LogP contribution in [-0.4, -0.2) is 31.7 Å². The Kier molecular flexibility index (Phi) is 7.89. The van der Waals surface area contributed by atoms with Crippen LogP contribution in [0.1, 0.15) is 54.5 Å². The predicted octanol–water partition coefficient (Wildman–Crippen LogP) is 3.98. The highest BCUT2D eigenvalue weighted by Crippen LogP contribution is 2.22. The quantitative estimate of drug-likeness (QED) is 0.672. The summed E-state index contributed by atoms with van der Waals surface area (Å²) in [5.74, 6) is -0.0951. The summed E-state index contributed by atoms with van der Waals surface area (Å²) in [4.78, 5) is 12.7. The Morgan fingerprint density at radius 1 is 0.968 bits per heavy atom. The van der Waals surface area contributed by atoms with Gasteiger partial charge < -0.3 is 5.32 Å². The van der Waals surface area contributed by atoms with Gasteiger partial charge in [0.2, 0.25) is 15.9 Å². The molecule has 2 aromatic rings. The smallest absolute Gasteiger partial charge is 0.223 e. The lowest BCUT2D eigenvalue weighted by Gasteiger charge is -2.30. The van der Waals surface area contributed by atoms with Gasteiger partial charge in [-0.1, -0.05) is 61.9 Å². The number of carbonyl (C=O) groups is 1. The standard InChI is InChI=1S/C25H34N2O3S/c1-4-20-10-11-22(5-2)24(16-20)17-26-25(28)23-12-14-27(15-13-23)31(29,30)18-21-8-6-19(3)7-9-21/h6-11,16,23H,4-5,12-15,17-18H2,1-3H3,(H,26,28). The van der Waals surface area contributed by atoms with Gasteiger partial charge in [-0.25, -0.2) is 12.7 Å². The maximum Gasteiger partial charge on any atom is 0.223 e. The number of aryl methyl sites for hydroxylation is 3. The fourth-order valence-corrected chi connectivity index (χ4v) is 5.68. The Morgan fingerprint density at radius 2 is 1.61 bits per heavy atom. The molecule has 0 spiro atoms. The van der Waals surface area contributed by atoms with Gasteiger partial charge in [0.1, 0.15) is 0 Å². The Balaban J connectivity index is 1.53. The summed E-state index contributed by atoms with van der Waals surface area (Å²) in [5, 5.41) is 3.09. The van der Waals surface area contributed by atoms with Crippen LogP contribution in [0, 0.1) is 12.8 Å². The molecule has 0 bridgehead atoms. The van der Waals surface area contributed by atoms with E-state index in [2.05, 4.69) is 37.4 Å². The number of nitrogens with one attached hydrogen (secondary N) is 1. The fraction of sp³-hybridized carbons (Fsp3) is 0.480. The van der Waals surface area contributed by atoms with Crippen molar-refractivity contribution < 1.29 is 13.2 Å². The first kappa shape index (κ1) is 23.5. The van der Waals surface area contributed by atoms with Crippen molar-refractivity contribution in [3.8, 4) is 0 Å². The molecular formula is C25H34N2O3S. The third kappa shape index (κ3) is 6.17. The molecule has 0 aromatic heterocycles. The van der Waals surface area contributed by atoms with E-state index in [1.54, 1.807) is 0 Å². The number of piperidine rings is 1. The normalized spacial score (nSPS) is 15.7. The number of benzene rings is 2. The minimum Gasteiger partial charge on any atom is -0.352 e. The van der Waals surface area contributed by atoms with E-state index < -0.39 is 10.0 Å². The van der Waals surface area contributed by atoms with Gasteiger partial charge in [-0.05, 0) is 54.9 Å². The molecule has 1 saturated heterocycles. The van der Waals surface area contributed by atoms with Crippen molar-refractivity contribution in [2.24, 2.45) is 5.92 Å². The van der Waals surface area contributed by atoms with Crippen molar-refractivity contribution in [2.45, 2.75) is 58.8 Å². The summed E-state index contributed by atoms with van der Waals surface area (Å²) in [5.41, 5.74) is 5.61. The first-order chi connectivity index (χ1) is 14.8. The molecule has 0 aliphatic carbocycles. The molecule has 31 heavy (non-hydrogen) atoms. The molecule has 1 aliphatic heterocycles. The van der Waals surface area contributed by atoms with Crippen molar-refractivity contribution in [1.29, 1.82) is 0 Å². The van der Waals surface area contributed by atoms with Crippen LogP contribution in [0.2, 0.25) is 0 Å². The molecule has 1 amide bonds. The number of sulfonamides is 1. The molecule has 6 heteroatoms. The number of amides is 1. The Morgan fingerprint density at radius 3 is 2.23 bits per heavy atom. The van der Waals surface area contributed by atoms with E-state index in [1.807, 2.05) is 31.2 Å². The molecule has 2 aromatic carbocycles. The summed E-state index contributed by atoms with van der Waals surface area (Å²) in [7, 11) is -3.37. The molecule has 1 fully saturated rings. The molecule has 1 N–H and O–H groups in total. The summed E-state index contributed by atoms with van der Waals surface area (Å²) in [6.07, 6.45) is 3.04. The van der Waals surface area contributed by atoms with Gasteiger partial charge in [0.25, 0.3) is 0 Å². The largest absolute Gasteiger partial charge is 0.352 e. The van der Waals surface area contributed by atoms with Gasteiger partial charge in [-0.3, -0.25) is 4.79 Å². The number of carbonyl (C=O) groups excluding carboxylic acids is 1. The van der Waals surface area contributed by atoms with E-state index in [4.69, 9.17) is 0 Å². The van der Waals surface area contributed by atoms with Crippen molar-refractivity contribution in [2.75, 3.05) is 13.1 Å². The van der Waals surface area contributed by atoms with Gasteiger partial charge in [-0.2, -0.15) is 0 Å². The van der Waals surface area contributed by atoms with Crippen LogP contribution >= 0.6 is 0 Å². The molecule has 0 radical (unpaired) electrons. The number of nitrogens with zero attached hydrogens (tertiary/aromatic N) is 1. The molecule has 0 saturated carbocycles. The lowest BCUT2D eigenvalue weighted by atomic mass is 9.96. The molecule has 5 nitrogen and oxygen atoms in total. The zero-order valence-electron chi connectivity index (χ0n) is 18.9. The molecule has 0 unspecified atom stereocenters. The van der Waals surface area contributed by atoms with Crippen LogP contribution in [0.15, 0.2) is 42.5 Å². The van der Waals surface area contributed by atoms with E-state index >= 15 is 0 Å². The molecule has 168 valence electrons. The Bertz CT molecular complexity index is 992. The van der Waals surface area contributed by atoms with E-state index in [1.165, 1.54) is 21.0 Å². The highest BCUT2D eigenvalue weighted by atomic mass is 32.2. The fourth-order valence-electron chi connectivity index (χ4n) is 4.12. The van der Waals surface area contributed by atoms with E-state index in [9.17, 15) is 13.2 Å². The van der Waals surface area contributed by atoms with Crippen LogP contribution in [-0.2, 0) is 40.0 Å². The van der Waals surface area contributed by atoms with Crippen LogP contribution in [0.5, 0.6) is 0 Å². The maximum atomic E-state index is 12.8. The summed E-state index contributed by atoms with van der Waals surface area (Å²) >= 11 is 0. The van der Waals surface area contributed by atoms with Crippen molar-refractivity contribution >= 4 is 15.9 Å². The first-order valence-corrected chi connectivity index (χ1v) is 12.8. The SMILES string of the molecule is CCc1ccc(CC)c(CNC(=O)C2CCN(S(=O)(=O)Cc3ccc(C)cc3)CC2)c1. The third-order valence-corrected chi connectivity index (χ3v) is 8.05. The monoisotopic (exact) mass is 442 g/mol. The van der Waals surface area contributed by atoms with Crippen LogP contribution in [0.25, 0.3) is 0 Å². The molecular weight excluding hydrogens is 408 g/mol. The Labute approximate surface area is 186 Å². The molecule has 3 rings (SSSR count). The zero-order chi connectivity index (χ0) is 22.4. The minimum atomic E-state index is -3.37. The molecule has 0 atom stereocenters. The average molecular weight is 443 g/mol. The van der Waals surface area contributed by atoms with E-state index in [0.29, 0.717) is 32.5 Å². The van der Waals surface area contributed by atoms with Crippen LogP contribution in [0.3, 0.4) is 0 Å². The van der Waals surface area contributed by atoms with Gasteiger partial charge in [0.05, 0.1) is 5.75 Å². The average Bonchev–Trinajstić information content (AvgIpc) is 2.78. The number of rotatable bonds is 8. The lowest BCUT2D eigenvalue weighted by molar-refractivity contribution is -0.126. The highest BCUT2D eigenvalue weighted by Gasteiger charge is 2.31. The third-order valence-electron chi connectivity index (χ3n) is 6.20. The Hall–Kier alpha value is -2.18. The van der Waals surface area contributed by atoms with Gasteiger partial charge in [0.15, 0.2) is 0 Å². The maximum absolute atomic E-state index is 12.8. The van der Waals surface area contributed by atoms with Crippen LogP contribution in [0.4, 0.5) is 0 Å². The summed E-state index contributed by atoms with van der Waals surface area (Å²) in [6.45, 7) is 7.57. The van der Waals surface area contributed by atoms with Crippen molar-refractivity contribution in [1.82, 2.24) is 9.62 Å². The zero-order valence-corrected chi connectivity index (χ0v) is 19.7. The summed E-state index contributed by atoms with van der Waals surface area (Å²) in [6, 6.07) is 14.1. The summed E-state index contributed by atoms with van der Waals surface area (Å²) < 4.78 is 27.1. The second kappa shape index (κ2) is 10.4. The highest BCUT2D eigenvalue weighted by molar-refractivity contribution is 7.88. The molecule has 1 aliphatic rings. The second-order valence-electron chi connectivity index (χ2n) is 8.44. The first-order valence-electron chi connectivity index (χ1n) is 11.2. The van der Waals surface area contributed by atoms with Crippen LogP contribution < -0.4 is 5.32 Å². The topological polar surface area (TPSA) is 66.5 Å². The minimum absolute atomic E-state index is 0.0116. The van der Waals surface area contributed by atoms with Gasteiger partial charge >= 0.3 is 0 Å². The molecule has 1 heterocycles. The predicted molar refractivity (Wildman–Crippen MR) is 125 cm³/mol. The van der Waals surface area contributed by atoms with Gasteiger partial charge in [-0.15, -0.1) is 0 Å². The van der Waals surface area contributed by atoms with E-state index in [-0.39, 0.29) is 17.6 Å². The van der Waals surface area contributed by atoms with Crippen molar-refractivity contribution in [3.63, 3.8) is 0 Å². The number of hydrogen-bond acceptors (Lipinski definition) is 3. The second-order valence-corrected chi connectivity index (χ2v) is 10.4. The number of hydrogen-bond donors (Lipinski definition) is 1. The lowest BCUT2D eigenvalue weighted by Crippen LogP contribution is -2.43.